The first-order valence-electron chi connectivity index (χ1n) is 8.96. The van der Waals surface area contributed by atoms with Crippen LogP contribution in [-0.2, 0) is 10.0 Å². The molecule has 29 heavy (non-hydrogen) atoms. The van der Waals surface area contributed by atoms with Crippen LogP contribution in [-0.4, -0.2) is 32.5 Å². The van der Waals surface area contributed by atoms with Gasteiger partial charge in [-0.25, -0.2) is 22.2 Å². The van der Waals surface area contributed by atoms with Gasteiger partial charge in [0.25, 0.3) is 10.0 Å². The quantitative estimate of drug-likeness (QED) is 0.556. The van der Waals surface area contributed by atoms with Crippen LogP contribution in [0.25, 0.3) is 0 Å². The summed E-state index contributed by atoms with van der Waals surface area (Å²) < 4.78 is 69.7. The first kappa shape index (κ1) is 20.2. The normalized spacial score (nSPS) is 24.0. The number of hydrogen-bond donors (Lipinski definition) is 2. The first-order chi connectivity index (χ1) is 13.6. The second-order valence-electron chi connectivity index (χ2n) is 7.46. The van der Waals surface area contributed by atoms with Crippen LogP contribution in [0.2, 0.25) is 5.02 Å². The summed E-state index contributed by atoms with van der Waals surface area (Å²) in [4.78, 5) is 3.81. The molecule has 1 aromatic carbocycles. The van der Waals surface area contributed by atoms with Gasteiger partial charge >= 0.3 is 0 Å². The lowest BCUT2D eigenvalue weighted by Crippen LogP contribution is -2.52. The van der Waals surface area contributed by atoms with Crippen molar-refractivity contribution in [2.24, 2.45) is 11.1 Å². The van der Waals surface area contributed by atoms with Gasteiger partial charge in [-0.15, -0.1) is 0 Å². The van der Waals surface area contributed by atoms with Crippen molar-refractivity contribution in [2.75, 3.05) is 22.7 Å². The molecule has 2 heterocycles. The fourth-order valence-corrected chi connectivity index (χ4v) is 5.49. The van der Waals surface area contributed by atoms with Gasteiger partial charge < -0.3 is 10.6 Å². The fraction of sp³-hybridized carbons (Fsp3) is 0.389. The molecule has 1 spiro atoms. The predicted molar refractivity (Wildman–Crippen MR) is 103 cm³/mol. The largest absolute Gasteiger partial charge is 0.370 e. The van der Waals surface area contributed by atoms with E-state index in [0.29, 0.717) is 13.1 Å². The van der Waals surface area contributed by atoms with E-state index in [0.717, 1.165) is 37.5 Å². The van der Waals surface area contributed by atoms with Gasteiger partial charge in [0.15, 0.2) is 10.7 Å². The Hall–Kier alpha value is -2.04. The number of benzene rings is 1. The van der Waals surface area contributed by atoms with Crippen LogP contribution in [0.5, 0.6) is 0 Å². The van der Waals surface area contributed by atoms with E-state index in [1.807, 2.05) is 4.72 Å². The fourth-order valence-electron chi connectivity index (χ4n) is 4.02. The Morgan fingerprint density at radius 2 is 2.03 bits per heavy atom. The maximum Gasteiger partial charge on any atom is 0.268 e. The van der Waals surface area contributed by atoms with Gasteiger partial charge in [-0.3, -0.25) is 4.72 Å². The van der Waals surface area contributed by atoms with E-state index < -0.39 is 43.3 Å². The maximum atomic E-state index is 14.9. The van der Waals surface area contributed by atoms with Crippen LogP contribution in [0, 0.1) is 23.0 Å². The van der Waals surface area contributed by atoms with Crippen LogP contribution >= 0.6 is 11.6 Å². The number of nitrogens with zero attached hydrogens (tertiary/aromatic N) is 2. The molecule has 11 heteroatoms. The Morgan fingerprint density at radius 3 is 2.62 bits per heavy atom. The summed E-state index contributed by atoms with van der Waals surface area (Å²) in [6.45, 7) is 1.02. The summed E-state index contributed by atoms with van der Waals surface area (Å²) in [5, 5.41) is -0.496. The minimum absolute atomic E-state index is 0.0311. The highest BCUT2D eigenvalue weighted by Gasteiger charge is 2.49. The van der Waals surface area contributed by atoms with Crippen molar-refractivity contribution in [2.45, 2.75) is 30.2 Å². The van der Waals surface area contributed by atoms with Gasteiger partial charge in [0.05, 0.1) is 5.69 Å². The maximum absolute atomic E-state index is 14.9. The van der Waals surface area contributed by atoms with E-state index >= 15 is 0 Å². The topological polar surface area (TPSA) is 88.3 Å². The third-order valence-electron chi connectivity index (χ3n) is 5.79. The third kappa shape index (κ3) is 3.43. The molecule has 2 fully saturated rings. The molecule has 1 saturated carbocycles. The van der Waals surface area contributed by atoms with Gasteiger partial charge in [-0.2, -0.15) is 4.39 Å². The second kappa shape index (κ2) is 7.03. The summed E-state index contributed by atoms with van der Waals surface area (Å²) in [7, 11) is -4.73. The Kier molecular flexibility index (Phi) is 4.91. The molecule has 2 aliphatic rings. The smallest absolute Gasteiger partial charge is 0.268 e. The number of halogens is 4. The highest BCUT2D eigenvalue weighted by Crippen LogP contribution is 2.49. The van der Waals surface area contributed by atoms with Gasteiger partial charge in [0, 0.05) is 30.6 Å². The molecule has 0 bridgehead atoms. The molecule has 6 nitrogen and oxygen atoms in total. The van der Waals surface area contributed by atoms with Crippen LogP contribution in [0.15, 0.2) is 29.2 Å². The average molecular weight is 447 g/mol. The number of anilines is 2. The number of pyridine rings is 1. The molecule has 2 aromatic rings. The van der Waals surface area contributed by atoms with Gasteiger partial charge in [-0.1, -0.05) is 17.7 Å². The summed E-state index contributed by atoms with van der Waals surface area (Å²) in [5.41, 5.74) is 6.09. The van der Waals surface area contributed by atoms with Gasteiger partial charge in [0.2, 0.25) is 5.95 Å². The minimum Gasteiger partial charge on any atom is -0.370 e. The number of aromatic nitrogens is 1. The molecule has 2 atom stereocenters. The molecule has 0 unspecified atom stereocenters. The van der Waals surface area contributed by atoms with Crippen LogP contribution in [0.3, 0.4) is 0 Å². The van der Waals surface area contributed by atoms with Crippen molar-refractivity contribution in [3.63, 3.8) is 0 Å². The summed E-state index contributed by atoms with van der Waals surface area (Å²) in [6.07, 6.45) is 2.62. The van der Waals surface area contributed by atoms with Crippen LogP contribution < -0.4 is 15.4 Å². The predicted octanol–water partition coefficient (Wildman–Crippen LogP) is 3.27. The van der Waals surface area contributed by atoms with Crippen molar-refractivity contribution >= 4 is 33.1 Å². The van der Waals surface area contributed by atoms with Gasteiger partial charge in [0.1, 0.15) is 16.7 Å². The summed E-state index contributed by atoms with van der Waals surface area (Å²) >= 11 is 6.09. The van der Waals surface area contributed by atoms with Crippen LogP contribution in [0.4, 0.5) is 24.7 Å². The molecule has 3 N–H and O–H groups in total. The number of nitrogens with one attached hydrogen (secondary N) is 1. The third-order valence-corrected chi connectivity index (χ3v) is 7.54. The molecule has 0 amide bonds. The molecular weight excluding hydrogens is 429 g/mol. The Labute approximate surface area is 170 Å². The molecule has 156 valence electrons. The number of sulfonamides is 1. The molecule has 0 radical (unpaired) electrons. The molecule has 1 aliphatic carbocycles. The lowest BCUT2D eigenvalue weighted by molar-refractivity contribution is 0.122. The monoisotopic (exact) mass is 446 g/mol. The lowest BCUT2D eigenvalue weighted by atomic mass is 9.64. The summed E-state index contributed by atoms with van der Waals surface area (Å²) in [6, 6.07) is 4.29. The molecule has 4 rings (SSSR count). The SMILES string of the molecule is N[C@H]1CC[C@@]12CCN(c1cc(F)c(S(=O)(=O)Nc3cccc(F)n3)c(F)c1Cl)C2. The van der Waals surface area contributed by atoms with E-state index in [1.54, 1.807) is 4.90 Å². The van der Waals surface area contributed by atoms with E-state index in [9.17, 15) is 21.6 Å². The highest BCUT2D eigenvalue weighted by molar-refractivity contribution is 7.92. The molecule has 1 aliphatic heterocycles. The van der Waals surface area contributed by atoms with E-state index in [4.69, 9.17) is 17.3 Å². The molecular formula is C18H18ClF3N4O2S. The minimum atomic E-state index is -4.73. The van der Waals surface area contributed by atoms with Crippen molar-refractivity contribution < 1.29 is 21.6 Å². The molecule has 1 aromatic heterocycles. The number of rotatable bonds is 4. The first-order valence-corrected chi connectivity index (χ1v) is 10.8. The Balaban J connectivity index is 1.67. The number of hydrogen-bond acceptors (Lipinski definition) is 5. The van der Waals surface area contributed by atoms with Crippen LogP contribution in [0.1, 0.15) is 19.3 Å². The highest BCUT2D eigenvalue weighted by atomic mass is 35.5. The number of nitrogens with two attached hydrogens (primary N) is 1. The van der Waals surface area contributed by atoms with Gasteiger partial charge in [-0.05, 0) is 31.4 Å². The van der Waals surface area contributed by atoms with E-state index in [1.165, 1.54) is 6.07 Å². The van der Waals surface area contributed by atoms with Crippen molar-refractivity contribution in [3.8, 4) is 0 Å². The van der Waals surface area contributed by atoms with E-state index in [-0.39, 0.29) is 17.1 Å². The zero-order chi connectivity index (χ0) is 21.0. The average Bonchev–Trinajstić information content (AvgIpc) is 3.11. The van der Waals surface area contributed by atoms with Crippen molar-refractivity contribution in [1.29, 1.82) is 0 Å². The summed E-state index contributed by atoms with van der Waals surface area (Å²) in [5.74, 6) is -4.07. The lowest BCUT2D eigenvalue weighted by Gasteiger charge is -2.45. The standard InChI is InChI=1S/C18H18ClF3N4O2S/c19-15-11(26-7-6-18(9-26)5-4-12(18)23)8-10(20)17(16(15)22)29(27,28)25-14-3-1-2-13(21)24-14/h1-3,8,12H,4-7,9,23H2,(H,24,25)/t12-,18-/m0/s1. The Bertz CT molecular complexity index is 1090. The zero-order valence-corrected chi connectivity index (χ0v) is 16.7. The van der Waals surface area contributed by atoms with Crippen molar-refractivity contribution in [3.05, 3.63) is 46.9 Å². The molecule has 1 saturated heterocycles. The Morgan fingerprint density at radius 1 is 1.28 bits per heavy atom. The zero-order valence-electron chi connectivity index (χ0n) is 15.1. The second-order valence-corrected chi connectivity index (χ2v) is 9.46. The van der Waals surface area contributed by atoms with E-state index in [2.05, 4.69) is 4.98 Å². The van der Waals surface area contributed by atoms with Crippen molar-refractivity contribution in [1.82, 2.24) is 4.98 Å².